The highest BCUT2D eigenvalue weighted by Gasteiger charge is 2.20. The topological polar surface area (TPSA) is 77.4 Å². The number of nitrogens with zero attached hydrogens (tertiary/aromatic N) is 1. The SMILES string of the molecule is CC(=O)N/C(=C\c1ccccc1)C(=O)OCC(=O)c1cc(C)n(-c2ccc(C)c(F)c2)c1C. The molecule has 0 aliphatic rings. The first-order chi connectivity index (χ1) is 15.7. The van der Waals surface area contributed by atoms with Crippen LogP contribution in [0.1, 0.15) is 39.8 Å². The molecule has 33 heavy (non-hydrogen) atoms. The fraction of sp³-hybridized carbons (Fsp3) is 0.192. The summed E-state index contributed by atoms with van der Waals surface area (Å²) in [4.78, 5) is 36.9. The van der Waals surface area contributed by atoms with Gasteiger partial charge in [-0.05, 0) is 56.2 Å². The average Bonchev–Trinajstić information content (AvgIpc) is 3.07. The van der Waals surface area contributed by atoms with Gasteiger partial charge in [-0.25, -0.2) is 9.18 Å². The van der Waals surface area contributed by atoms with E-state index in [9.17, 15) is 18.8 Å². The van der Waals surface area contributed by atoms with Crippen LogP contribution in [-0.2, 0) is 14.3 Å². The first-order valence-corrected chi connectivity index (χ1v) is 10.4. The normalized spacial score (nSPS) is 11.2. The second-order valence-corrected chi connectivity index (χ2v) is 7.70. The number of hydrogen-bond acceptors (Lipinski definition) is 4. The maximum absolute atomic E-state index is 14.1. The van der Waals surface area contributed by atoms with E-state index in [0.29, 0.717) is 28.1 Å². The molecule has 0 radical (unpaired) electrons. The van der Waals surface area contributed by atoms with Gasteiger partial charge in [-0.1, -0.05) is 36.4 Å². The highest BCUT2D eigenvalue weighted by atomic mass is 19.1. The van der Waals surface area contributed by atoms with Gasteiger partial charge < -0.3 is 14.6 Å². The van der Waals surface area contributed by atoms with Gasteiger partial charge >= 0.3 is 5.97 Å². The molecule has 3 rings (SSSR count). The lowest BCUT2D eigenvalue weighted by molar-refractivity contribution is -0.139. The number of hydrogen-bond donors (Lipinski definition) is 1. The molecule has 0 aliphatic heterocycles. The number of halogens is 1. The highest BCUT2D eigenvalue weighted by Crippen LogP contribution is 2.23. The second-order valence-electron chi connectivity index (χ2n) is 7.70. The molecule has 0 bridgehead atoms. The van der Waals surface area contributed by atoms with Crippen LogP contribution in [0.2, 0.25) is 0 Å². The second kappa shape index (κ2) is 10.1. The Morgan fingerprint density at radius 2 is 1.73 bits per heavy atom. The van der Waals surface area contributed by atoms with Gasteiger partial charge in [0.05, 0.1) is 0 Å². The largest absolute Gasteiger partial charge is 0.453 e. The zero-order valence-electron chi connectivity index (χ0n) is 18.9. The number of rotatable bonds is 7. The fourth-order valence-corrected chi connectivity index (χ4v) is 3.50. The number of esters is 1. The van der Waals surface area contributed by atoms with Gasteiger partial charge in [-0.2, -0.15) is 0 Å². The van der Waals surface area contributed by atoms with Gasteiger partial charge in [0.2, 0.25) is 11.7 Å². The lowest BCUT2D eigenvalue weighted by Crippen LogP contribution is -2.27. The van der Waals surface area contributed by atoms with Crippen LogP contribution in [0.4, 0.5) is 4.39 Å². The minimum absolute atomic E-state index is 0.0675. The van der Waals surface area contributed by atoms with Crippen molar-refractivity contribution in [1.29, 1.82) is 0 Å². The smallest absolute Gasteiger partial charge is 0.355 e. The van der Waals surface area contributed by atoms with Crippen LogP contribution in [0.5, 0.6) is 0 Å². The Kier molecular flexibility index (Phi) is 7.23. The van der Waals surface area contributed by atoms with E-state index in [1.54, 1.807) is 60.9 Å². The Bertz CT molecular complexity index is 1240. The molecule has 0 saturated heterocycles. The quantitative estimate of drug-likeness (QED) is 0.329. The number of benzene rings is 2. The molecular formula is C26H25FN2O4. The Morgan fingerprint density at radius 1 is 1.03 bits per heavy atom. The Labute approximate surface area is 191 Å². The number of ether oxygens (including phenoxy) is 1. The molecule has 0 aliphatic carbocycles. The number of carbonyl (C=O) groups excluding carboxylic acids is 3. The van der Waals surface area contributed by atoms with Crippen molar-refractivity contribution in [2.45, 2.75) is 27.7 Å². The van der Waals surface area contributed by atoms with Crippen molar-refractivity contribution in [2.75, 3.05) is 6.61 Å². The molecule has 0 unspecified atom stereocenters. The molecule has 7 heteroatoms. The van der Waals surface area contributed by atoms with Crippen molar-refractivity contribution in [1.82, 2.24) is 9.88 Å². The molecule has 2 aromatic carbocycles. The molecule has 0 spiro atoms. The number of carbonyl (C=O) groups is 3. The van der Waals surface area contributed by atoms with Crippen molar-refractivity contribution in [2.24, 2.45) is 0 Å². The maximum Gasteiger partial charge on any atom is 0.355 e. The molecule has 3 aromatic rings. The third-order valence-electron chi connectivity index (χ3n) is 5.12. The van der Waals surface area contributed by atoms with Crippen molar-refractivity contribution in [3.63, 3.8) is 0 Å². The fourth-order valence-electron chi connectivity index (χ4n) is 3.50. The first kappa shape index (κ1) is 23.7. The minimum Gasteiger partial charge on any atom is -0.453 e. The zero-order valence-corrected chi connectivity index (χ0v) is 18.9. The summed E-state index contributed by atoms with van der Waals surface area (Å²) in [5, 5.41) is 2.44. The molecule has 0 saturated carbocycles. The molecule has 170 valence electrons. The summed E-state index contributed by atoms with van der Waals surface area (Å²) in [6, 6.07) is 15.5. The van der Waals surface area contributed by atoms with Crippen LogP contribution >= 0.6 is 0 Å². The van der Waals surface area contributed by atoms with Crippen molar-refractivity contribution in [3.8, 4) is 5.69 Å². The lowest BCUT2D eigenvalue weighted by Gasteiger charge is -2.11. The maximum atomic E-state index is 14.1. The van der Waals surface area contributed by atoms with Crippen LogP contribution < -0.4 is 5.32 Å². The Balaban J connectivity index is 1.78. The molecule has 0 fully saturated rings. The van der Waals surface area contributed by atoms with Gasteiger partial charge in [-0.15, -0.1) is 0 Å². The summed E-state index contributed by atoms with van der Waals surface area (Å²) in [6.45, 7) is 6.01. The van der Waals surface area contributed by atoms with Crippen LogP contribution in [0.25, 0.3) is 11.8 Å². The number of nitrogens with one attached hydrogen (secondary N) is 1. The monoisotopic (exact) mass is 448 g/mol. The van der Waals surface area contributed by atoms with Gasteiger partial charge in [0, 0.05) is 29.6 Å². The number of aromatic nitrogens is 1. The van der Waals surface area contributed by atoms with Crippen LogP contribution in [0, 0.1) is 26.6 Å². The summed E-state index contributed by atoms with van der Waals surface area (Å²) in [6.07, 6.45) is 1.48. The van der Waals surface area contributed by atoms with E-state index in [2.05, 4.69) is 5.32 Å². The van der Waals surface area contributed by atoms with Gasteiger partial charge in [0.25, 0.3) is 0 Å². The Hall–Kier alpha value is -4.00. The number of Topliss-reactive ketones (excluding diaryl/α,β-unsaturated/α-hetero) is 1. The third kappa shape index (κ3) is 5.63. The standard InChI is InChI=1S/C26H25FN2O4/c1-16-10-11-21(14-23(16)27)29-17(2)12-22(18(29)3)25(31)15-33-26(32)24(28-19(4)30)13-20-8-6-5-7-9-20/h5-14H,15H2,1-4H3,(H,28,30)/b24-13-. The molecule has 1 aromatic heterocycles. The summed E-state index contributed by atoms with van der Waals surface area (Å²) in [7, 11) is 0. The van der Waals surface area contributed by atoms with Gasteiger partial charge in [0.1, 0.15) is 11.5 Å². The van der Waals surface area contributed by atoms with E-state index >= 15 is 0 Å². The van der Waals surface area contributed by atoms with E-state index < -0.39 is 24.3 Å². The molecule has 0 atom stereocenters. The van der Waals surface area contributed by atoms with Crippen LogP contribution in [0.15, 0.2) is 60.3 Å². The third-order valence-corrected chi connectivity index (χ3v) is 5.12. The van der Waals surface area contributed by atoms with E-state index in [1.165, 1.54) is 19.1 Å². The molecule has 6 nitrogen and oxygen atoms in total. The summed E-state index contributed by atoms with van der Waals surface area (Å²) in [5.74, 6) is -2.00. The predicted octanol–water partition coefficient (Wildman–Crippen LogP) is 4.44. The van der Waals surface area contributed by atoms with Crippen molar-refractivity contribution >= 4 is 23.7 Å². The molecule has 1 N–H and O–H groups in total. The first-order valence-electron chi connectivity index (χ1n) is 10.4. The van der Waals surface area contributed by atoms with Crippen LogP contribution in [0.3, 0.4) is 0 Å². The summed E-state index contributed by atoms with van der Waals surface area (Å²) >= 11 is 0. The zero-order chi connectivity index (χ0) is 24.1. The van der Waals surface area contributed by atoms with Crippen LogP contribution in [-0.4, -0.2) is 28.8 Å². The molecular weight excluding hydrogens is 423 g/mol. The van der Waals surface area contributed by atoms with E-state index in [4.69, 9.17) is 4.74 Å². The van der Waals surface area contributed by atoms with Crippen molar-refractivity contribution < 1.29 is 23.5 Å². The summed E-state index contributed by atoms with van der Waals surface area (Å²) in [5.41, 5.74) is 3.48. The minimum atomic E-state index is -0.822. The van der Waals surface area contributed by atoms with Gasteiger partial charge in [-0.3, -0.25) is 9.59 Å². The molecule has 1 amide bonds. The lowest BCUT2D eigenvalue weighted by atomic mass is 10.1. The molecule has 1 heterocycles. The predicted molar refractivity (Wildman–Crippen MR) is 123 cm³/mol. The van der Waals surface area contributed by atoms with Crippen molar-refractivity contribution in [3.05, 3.63) is 94.2 Å². The van der Waals surface area contributed by atoms with E-state index in [0.717, 1.165) is 5.69 Å². The number of ketones is 1. The number of amides is 1. The van der Waals surface area contributed by atoms with E-state index in [1.807, 2.05) is 13.0 Å². The average molecular weight is 448 g/mol. The number of aryl methyl sites for hydroxylation is 2. The Morgan fingerprint density at radius 3 is 2.36 bits per heavy atom. The van der Waals surface area contributed by atoms with Gasteiger partial charge in [0.15, 0.2) is 6.61 Å². The van der Waals surface area contributed by atoms with E-state index in [-0.39, 0.29) is 11.5 Å². The summed E-state index contributed by atoms with van der Waals surface area (Å²) < 4.78 is 21.0. The highest BCUT2D eigenvalue weighted by molar-refractivity contribution is 6.02.